The third-order valence-electron chi connectivity index (χ3n) is 4.56. The van der Waals surface area contributed by atoms with Crippen molar-refractivity contribution < 1.29 is 14.6 Å². The van der Waals surface area contributed by atoms with E-state index in [-0.39, 0.29) is 12.6 Å². The normalized spacial score (nSPS) is 12.0. The van der Waals surface area contributed by atoms with Crippen molar-refractivity contribution in [3.8, 4) is 5.75 Å². The Balaban J connectivity index is 2.03. The van der Waals surface area contributed by atoms with Gasteiger partial charge in [0, 0.05) is 23.7 Å². The van der Waals surface area contributed by atoms with E-state index in [9.17, 15) is 9.90 Å². The number of rotatable bonds is 8. The molecular weight excluding hydrogens is 356 g/mol. The number of hydrogen-bond acceptors (Lipinski definition) is 6. The summed E-state index contributed by atoms with van der Waals surface area (Å²) in [7, 11) is 0. The van der Waals surface area contributed by atoms with Crippen molar-refractivity contribution in [2.75, 3.05) is 18.5 Å². The van der Waals surface area contributed by atoms with Crippen molar-refractivity contribution in [3.05, 3.63) is 65.4 Å². The first-order valence-electron chi connectivity index (χ1n) is 9.09. The molecule has 1 atom stereocenters. The smallest absolute Gasteiger partial charge is 0.250 e. The fraction of sp³-hybridized carbons (Fsp3) is 0.238. The Kier molecular flexibility index (Phi) is 6.08. The molecule has 2 aromatic carbocycles. The lowest BCUT2D eigenvalue weighted by Gasteiger charge is -2.22. The van der Waals surface area contributed by atoms with Crippen molar-refractivity contribution in [1.29, 1.82) is 0 Å². The summed E-state index contributed by atoms with van der Waals surface area (Å²) in [5.74, 6) is 0.237. The molecule has 0 aliphatic heterocycles. The number of ether oxygens (including phenoxy) is 1. The van der Waals surface area contributed by atoms with Gasteiger partial charge < -0.3 is 26.6 Å². The van der Waals surface area contributed by atoms with E-state index in [1.54, 1.807) is 18.3 Å². The van der Waals surface area contributed by atoms with Crippen LogP contribution in [0.1, 0.15) is 34.5 Å². The average Bonchev–Trinajstić information content (AvgIpc) is 2.72. The number of fused-ring (bicyclic) bond motifs is 1. The van der Waals surface area contributed by atoms with Gasteiger partial charge in [0.2, 0.25) is 0 Å². The molecule has 28 heavy (non-hydrogen) atoms. The van der Waals surface area contributed by atoms with E-state index in [0.29, 0.717) is 40.9 Å². The lowest BCUT2D eigenvalue weighted by molar-refractivity contribution is 0.100. The number of aromatic nitrogens is 1. The van der Waals surface area contributed by atoms with E-state index >= 15 is 0 Å². The van der Waals surface area contributed by atoms with E-state index < -0.39 is 5.91 Å². The second kappa shape index (κ2) is 8.69. The number of para-hydroxylation sites is 1. The zero-order valence-corrected chi connectivity index (χ0v) is 15.7. The lowest BCUT2D eigenvalue weighted by atomic mass is 10.0. The summed E-state index contributed by atoms with van der Waals surface area (Å²) in [6.07, 6.45) is 1.54. The van der Waals surface area contributed by atoms with E-state index in [1.165, 1.54) is 0 Å². The van der Waals surface area contributed by atoms with Crippen LogP contribution >= 0.6 is 0 Å². The van der Waals surface area contributed by atoms with Crippen molar-refractivity contribution in [2.24, 2.45) is 11.5 Å². The predicted molar refractivity (Wildman–Crippen MR) is 109 cm³/mol. The van der Waals surface area contributed by atoms with Crippen molar-refractivity contribution in [3.63, 3.8) is 0 Å². The number of aliphatic hydroxyl groups excluding tert-OH is 1. The number of hydrogen-bond donors (Lipinski definition) is 4. The highest BCUT2D eigenvalue weighted by molar-refractivity contribution is 6.08. The molecule has 0 saturated heterocycles. The van der Waals surface area contributed by atoms with Crippen LogP contribution in [0, 0.1) is 0 Å². The Morgan fingerprint density at radius 3 is 2.61 bits per heavy atom. The summed E-state index contributed by atoms with van der Waals surface area (Å²) in [4.78, 5) is 16.1. The summed E-state index contributed by atoms with van der Waals surface area (Å²) >= 11 is 0. The fourth-order valence-electron chi connectivity index (χ4n) is 3.17. The van der Waals surface area contributed by atoms with Crippen molar-refractivity contribution in [1.82, 2.24) is 4.98 Å². The van der Waals surface area contributed by atoms with Gasteiger partial charge in [-0.05, 0) is 30.7 Å². The Morgan fingerprint density at radius 1 is 1.25 bits per heavy atom. The number of aliphatic hydroxyl groups is 1. The van der Waals surface area contributed by atoms with Gasteiger partial charge >= 0.3 is 0 Å². The third-order valence-corrected chi connectivity index (χ3v) is 4.56. The highest BCUT2D eigenvalue weighted by Crippen LogP contribution is 2.31. The molecule has 0 aliphatic carbocycles. The molecule has 146 valence electrons. The van der Waals surface area contributed by atoms with Crippen LogP contribution in [0.4, 0.5) is 5.69 Å². The van der Waals surface area contributed by atoms with Gasteiger partial charge in [0.25, 0.3) is 5.91 Å². The minimum atomic E-state index is -0.553. The molecule has 1 amide bonds. The van der Waals surface area contributed by atoms with Gasteiger partial charge in [0.15, 0.2) is 0 Å². The van der Waals surface area contributed by atoms with Crippen LogP contribution in [0.25, 0.3) is 10.9 Å². The molecule has 1 heterocycles. The third kappa shape index (κ3) is 3.90. The minimum Gasteiger partial charge on any atom is -0.494 e. The van der Waals surface area contributed by atoms with Gasteiger partial charge in [-0.25, -0.2) is 0 Å². The van der Waals surface area contributed by atoms with Crippen LogP contribution in [-0.4, -0.2) is 29.1 Å². The zero-order valence-electron chi connectivity index (χ0n) is 15.7. The second-order valence-electron chi connectivity index (χ2n) is 6.32. The number of carbonyl (C=O) groups excluding carboxylic acids is 1. The minimum absolute atomic E-state index is 0.202. The molecule has 7 nitrogen and oxygen atoms in total. The maximum Gasteiger partial charge on any atom is 0.250 e. The summed E-state index contributed by atoms with van der Waals surface area (Å²) in [6, 6.07) is 12.7. The molecule has 0 fully saturated rings. The predicted octanol–water partition coefficient (Wildman–Crippen LogP) is 2.34. The van der Waals surface area contributed by atoms with Crippen molar-refractivity contribution in [2.45, 2.75) is 19.6 Å². The molecule has 3 aromatic rings. The average molecular weight is 380 g/mol. The highest BCUT2D eigenvalue weighted by Gasteiger charge is 2.17. The number of benzene rings is 2. The van der Waals surface area contributed by atoms with E-state index in [4.69, 9.17) is 16.2 Å². The molecule has 0 aliphatic rings. The van der Waals surface area contributed by atoms with Gasteiger partial charge in [0.05, 0.1) is 36.0 Å². The summed E-state index contributed by atoms with van der Waals surface area (Å²) < 4.78 is 5.49. The number of carbonyl (C=O) groups is 1. The fourth-order valence-corrected chi connectivity index (χ4v) is 3.17. The molecule has 7 heteroatoms. The van der Waals surface area contributed by atoms with Gasteiger partial charge in [-0.15, -0.1) is 0 Å². The molecule has 3 rings (SSSR count). The Hall–Kier alpha value is -3.16. The molecule has 1 aromatic heterocycles. The zero-order chi connectivity index (χ0) is 20.1. The Morgan fingerprint density at radius 2 is 2.00 bits per heavy atom. The van der Waals surface area contributed by atoms with E-state index in [1.807, 2.05) is 37.3 Å². The number of nitrogens with one attached hydrogen (secondary N) is 1. The molecule has 0 bridgehead atoms. The Labute approximate surface area is 163 Å². The monoisotopic (exact) mass is 380 g/mol. The Bertz CT molecular complexity index is 973. The standard InChI is InChI=1S/C21H24N4O3/c1-2-28-15-8-6-13(7-9-15)18(10-22)25-19-14(12-26)11-24-20-16(19)4-3-5-17(20)21(23)27/h3-9,11,18,26H,2,10,12,22H2,1H3,(H2,23,27)(H,24,25)/t18-/m1/s1. The molecule has 0 spiro atoms. The summed E-state index contributed by atoms with van der Waals surface area (Å²) in [5.41, 5.74) is 14.6. The van der Waals surface area contributed by atoms with Crippen LogP contribution in [0.2, 0.25) is 0 Å². The van der Waals surface area contributed by atoms with Crippen LogP contribution in [0.3, 0.4) is 0 Å². The molecule has 0 saturated carbocycles. The molecular formula is C21H24N4O3. The number of anilines is 1. The first kappa shape index (κ1) is 19.6. The SMILES string of the molecule is CCOc1ccc([C@@H](CN)Nc2c(CO)cnc3c(C(N)=O)cccc23)cc1. The molecule has 0 unspecified atom stereocenters. The number of nitrogens with two attached hydrogens (primary N) is 2. The largest absolute Gasteiger partial charge is 0.494 e. The first-order chi connectivity index (χ1) is 13.6. The van der Waals surface area contributed by atoms with Gasteiger partial charge in [-0.2, -0.15) is 0 Å². The van der Waals surface area contributed by atoms with Gasteiger partial charge in [-0.3, -0.25) is 9.78 Å². The van der Waals surface area contributed by atoms with Gasteiger partial charge in [-0.1, -0.05) is 24.3 Å². The van der Waals surface area contributed by atoms with Crippen LogP contribution in [0.5, 0.6) is 5.75 Å². The van der Waals surface area contributed by atoms with E-state index in [0.717, 1.165) is 11.3 Å². The number of primary amides is 1. The number of pyridine rings is 1. The second-order valence-corrected chi connectivity index (χ2v) is 6.32. The van der Waals surface area contributed by atoms with Crippen LogP contribution in [-0.2, 0) is 6.61 Å². The number of amides is 1. The molecule has 0 radical (unpaired) electrons. The van der Waals surface area contributed by atoms with Gasteiger partial charge in [0.1, 0.15) is 5.75 Å². The maximum atomic E-state index is 11.7. The number of nitrogens with zero attached hydrogens (tertiary/aromatic N) is 1. The van der Waals surface area contributed by atoms with Crippen LogP contribution in [0.15, 0.2) is 48.7 Å². The summed E-state index contributed by atoms with van der Waals surface area (Å²) in [5, 5.41) is 13.9. The highest BCUT2D eigenvalue weighted by atomic mass is 16.5. The lowest BCUT2D eigenvalue weighted by Crippen LogP contribution is -2.22. The van der Waals surface area contributed by atoms with Crippen molar-refractivity contribution >= 4 is 22.5 Å². The maximum absolute atomic E-state index is 11.7. The first-order valence-corrected chi connectivity index (χ1v) is 9.09. The van der Waals surface area contributed by atoms with E-state index in [2.05, 4.69) is 10.3 Å². The molecule has 6 N–H and O–H groups in total. The summed E-state index contributed by atoms with van der Waals surface area (Å²) in [6.45, 7) is 2.66. The topological polar surface area (TPSA) is 123 Å². The quantitative estimate of drug-likeness (QED) is 0.476. The van der Waals surface area contributed by atoms with Crippen LogP contribution < -0.4 is 21.5 Å².